The van der Waals surface area contributed by atoms with Gasteiger partial charge >= 0.3 is 11.9 Å². The molecule has 1 fully saturated rings. The lowest BCUT2D eigenvalue weighted by atomic mass is 9.86. The molecule has 1 rings (SSSR count). The zero-order chi connectivity index (χ0) is 17.1. The monoisotopic (exact) mass is 328 g/mol. The summed E-state index contributed by atoms with van der Waals surface area (Å²) in [6.45, 7) is 6.35. The van der Waals surface area contributed by atoms with Crippen molar-refractivity contribution in [2.75, 3.05) is 19.8 Å². The van der Waals surface area contributed by atoms with Crippen molar-refractivity contribution in [1.82, 2.24) is 0 Å². The molecule has 0 spiro atoms. The van der Waals surface area contributed by atoms with Crippen LogP contribution in [0, 0.1) is 5.92 Å². The van der Waals surface area contributed by atoms with Crippen LogP contribution in [0.5, 0.6) is 0 Å². The fourth-order valence-corrected chi connectivity index (χ4v) is 3.02. The molecular weight excluding hydrogens is 296 g/mol. The van der Waals surface area contributed by atoms with Crippen LogP contribution < -0.4 is 0 Å². The molecule has 0 aromatic rings. The molecule has 0 amide bonds. The molecule has 1 saturated carbocycles. The summed E-state index contributed by atoms with van der Waals surface area (Å²) in [5.41, 5.74) is -0.334. The van der Waals surface area contributed by atoms with Crippen LogP contribution in [-0.2, 0) is 23.8 Å². The van der Waals surface area contributed by atoms with Gasteiger partial charge in [0, 0.05) is 0 Å². The lowest BCUT2D eigenvalue weighted by Gasteiger charge is -2.33. The van der Waals surface area contributed by atoms with Crippen molar-refractivity contribution in [2.45, 2.75) is 77.7 Å². The van der Waals surface area contributed by atoms with Gasteiger partial charge in [0.25, 0.3) is 0 Å². The first-order valence-corrected chi connectivity index (χ1v) is 8.97. The normalized spacial score (nSPS) is 18.2. The smallest absolute Gasteiger partial charge is 0.332 e. The predicted molar refractivity (Wildman–Crippen MR) is 88.0 cm³/mol. The van der Waals surface area contributed by atoms with E-state index < -0.39 is 0 Å². The minimum absolute atomic E-state index is 0.0313. The van der Waals surface area contributed by atoms with Gasteiger partial charge in [0.1, 0.15) is 18.8 Å². The number of hydrogen-bond acceptors (Lipinski definition) is 5. The van der Waals surface area contributed by atoms with Crippen molar-refractivity contribution < 1.29 is 23.8 Å². The number of ether oxygens (including phenoxy) is 3. The van der Waals surface area contributed by atoms with E-state index in [1.54, 1.807) is 0 Å². The quantitative estimate of drug-likeness (QED) is 0.452. The first kappa shape index (κ1) is 19.9. The van der Waals surface area contributed by atoms with Gasteiger partial charge in [-0.15, -0.1) is 0 Å². The SMILES string of the molecule is CCCC(CC)C(=O)OCCOCC(=O)OC1(C)CCCCC1. The summed E-state index contributed by atoms with van der Waals surface area (Å²) in [6, 6.07) is 0. The fraction of sp³-hybridized carbons (Fsp3) is 0.889. The number of carbonyl (C=O) groups is 2. The minimum atomic E-state index is -0.335. The topological polar surface area (TPSA) is 61.8 Å². The Morgan fingerprint density at radius 3 is 2.39 bits per heavy atom. The highest BCUT2D eigenvalue weighted by Gasteiger charge is 2.30. The summed E-state index contributed by atoms with van der Waals surface area (Å²) >= 11 is 0. The third-order valence-corrected chi connectivity index (χ3v) is 4.43. The number of rotatable bonds is 10. The van der Waals surface area contributed by atoms with E-state index in [4.69, 9.17) is 14.2 Å². The Labute approximate surface area is 140 Å². The van der Waals surface area contributed by atoms with E-state index in [2.05, 4.69) is 6.92 Å². The van der Waals surface area contributed by atoms with Crippen LogP contribution in [-0.4, -0.2) is 37.4 Å². The summed E-state index contributed by atoms with van der Waals surface area (Å²) in [5, 5.41) is 0. The van der Waals surface area contributed by atoms with Gasteiger partial charge in [-0.25, -0.2) is 4.79 Å². The molecule has 0 aliphatic heterocycles. The van der Waals surface area contributed by atoms with Crippen LogP contribution in [0.25, 0.3) is 0 Å². The molecular formula is C18H32O5. The molecule has 1 aliphatic rings. The average molecular weight is 328 g/mol. The standard InChI is InChI=1S/C18H32O5/c1-4-9-15(5-2)17(20)22-13-12-21-14-16(19)23-18(3)10-7-6-8-11-18/h15H,4-14H2,1-3H3. The largest absolute Gasteiger partial charge is 0.463 e. The lowest BCUT2D eigenvalue weighted by molar-refractivity contribution is -0.167. The van der Waals surface area contributed by atoms with Gasteiger partial charge in [0.05, 0.1) is 12.5 Å². The van der Waals surface area contributed by atoms with Gasteiger partial charge in [0.15, 0.2) is 0 Å². The molecule has 5 nitrogen and oxygen atoms in total. The minimum Gasteiger partial charge on any atom is -0.463 e. The number of carbonyl (C=O) groups excluding carboxylic acids is 2. The van der Waals surface area contributed by atoms with Crippen molar-refractivity contribution in [3.63, 3.8) is 0 Å². The Kier molecular flexibility index (Phi) is 9.22. The maximum absolute atomic E-state index is 11.8. The van der Waals surface area contributed by atoms with Crippen LogP contribution in [0.1, 0.15) is 72.1 Å². The van der Waals surface area contributed by atoms with Crippen molar-refractivity contribution >= 4 is 11.9 Å². The van der Waals surface area contributed by atoms with Gasteiger partial charge in [-0.2, -0.15) is 0 Å². The third-order valence-electron chi connectivity index (χ3n) is 4.43. The van der Waals surface area contributed by atoms with Crippen LogP contribution in [0.15, 0.2) is 0 Å². The second kappa shape index (κ2) is 10.6. The van der Waals surface area contributed by atoms with Crippen LogP contribution >= 0.6 is 0 Å². The van der Waals surface area contributed by atoms with Gasteiger partial charge < -0.3 is 14.2 Å². The average Bonchev–Trinajstić information content (AvgIpc) is 2.52. The van der Waals surface area contributed by atoms with E-state index in [0.29, 0.717) is 0 Å². The molecule has 0 aromatic carbocycles. The maximum Gasteiger partial charge on any atom is 0.332 e. The summed E-state index contributed by atoms with van der Waals surface area (Å²) in [6.07, 6.45) is 7.88. The van der Waals surface area contributed by atoms with Gasteiger partial charge in [-0.1, -0.05) is 26.7 Å². The second-order valence-electron chi connectivity index (χ2n) is 6.60. The Morgan fingerprint density at radius 2 is 1.78 bits per heavy atom. The molecule has 134 valence electrons. The summed E-state index contributed by atoms with van der Waals surface area (Å²) in [7, 11) is 0. The van der Waals surface area contributed by atoms with Crippen molar-refractivity contribution in [3.05, 3.63) is 0 Å². The van der Waals surface area contributed by atoms with Crippen molar-refractivity contribution in [3.8, 4) is 0 Å². The first-order chi connectivity index (χ1) is 11.0. The highest BCUT2D eigenvalue weighted by molar-refractivity contribution is 5.72. The van der Waals surface area contributed by atoms with E-state index in [1.807, 2.05) is 13.8 Å². The van der Waals surface area contributed by atoms with Crippen molar-refractivity contribution in [1.29, 1.82) is 0 Å². The molecule has 0 heterocycles. The van der Waals surface area contributed by atoms with E-state index in [1.165, 1.54) is 6.42 Å². The highest BCUT2D eigenvalue weighted by Crippen LogP contribution is 2.31. The van der Waals surface area contributed by atoms with E-state index in [-0.39, 0.29) is 43.3 Å². The molecule has 1 unspecified atom stereocenters. The van der Waals surface area contributed by atoms with Crippen LogP contribution in [0.4, 0.5) is 0 Å². The Bertz CT molecular complexity index is 360. The van der Waals surface area contributed by atoms with Gasteiger partial charge in [-0.05, 0) is 45.4 Å². The third kappa shape index (κ3) is 7.82. The molecule has 0 bridgehead atoms. The summed E-state index contributed by atoms with van der Waals surface area (Å²) in [5.74, 6) is -0.537. The summed E-state index contributed by atoms with van der Waals surface area (Å²) < 4.78 is 16.0. The Balaban J connectivity index is 2.12. The fourth-order valence-electron chi connectivity index (χ4n) is 3.02. The van der Waals surface area contributed by atoms with E-state index in [9.17, 15) is 9.59 Å². The molecule has 0 saturated heterocycles. The zero-order valence-electron chi connectivity index (χ0n) is 14.9. The summed E-state index contributed by atoms with van der Waals surface area (Å²) in [4.78, 5) is 23.6. The molecule has 0 N–H and O–H groups in total. The Morgan fingerprint density at radius 1 is 1.09 bits per heavy atom. The number of hydrogen-bond donors (Lipinski definition) is 0. The number of esters is 2. The lowest BCUT2D eigenvalue weighted by Crippen LogP contribution is -2.35. The van der Waals surface area contributed by atoms with E-state index in [0.717, 1.165) is 44.9 Å². The molecule has 0 radical (unpaired) electrons. The van der Waals surface area contributed by atoms with Gasteiger partial charge in [0.2, 0.25) is 0 Å². The predicted octanol–water partition coefficient (Wildman–Crippen LogP) is 3.64. The second-order valence-corrected chi connectivity index (χ2v) is 6.60. The molecule has 1 atom stereocenters. The molecule has 0 aromatic heterocycles. The maximum atomic E-state index is 11.8. The molecule has 1 aliphatic carbocycles. The Hall–Kier alpha value is -1.10. The molecule has 5 heteroatoms. The molecule has 23 heavy (non-hydrogen) atoms. The van der Waals surface area contributed by atoms with E-state index >= 15 is 0 Å². The van der Waals surface area contributed by atoms with Crippen molar-refractivity contribution in [2.24, 2.45) is 5.92 Å². The zero-order valence-corrected chi connectivity index (χ0v) is 14.9. The highest BCUT2D eigenvalue weighted by atomic mass is 16.6. The van der Waals surface area contributed by atoms with Gasteiger partial charge in [-0.3, -0.25) is 4.79 Å². The van der Waals surface area contributed by atoms with Crippen LogP contribution in [0.3, 0.4) is 0 Å². The first-order valence-electron chi connectivity index (χ1n) is 8.97. The van der Waals surface area contributed by atoms with Crippen LogP contribution in [0.2, 0.25) is 0 Å².